The predicted molar refractivity (Wildman–Crippen MR) is 57.5 cm³/mol. The van der Waals surface area contributed by atoms with E-state index in [0.717, 1.165) is 6.42 Å². The molecule has 0 aromatic rings. The van der Waals surface area contributed by atoms with Gasteiger partial charge in [0.15, 0.2) is 0 Å². The summed E-state index contributed by atoms with van der Waals surface area (Å²) in [5, 5.41) is 9.52. The number of nitrogens with one attached hydrogen (secondary N) is 1. The molecule has 4 nitrogen and oxygen atoms in total. The van der Waals surface area contributed by atoms with Gasteiger partial charge in [0.25, 0.3) is 0 Å². The van der Waals surface area contributed by atoms with Crippen LogP contribution in [0.25, 0.3) is 0 Å². The van der Waals surface area contributed by atoms with Crippen LogP contribution in [0.1, 0.15) is 33.6 Å². The quantitative estimate of drug-likeness (QED) is 0.668. The first-order chi connectivity index (χ1) is 6.43. The van der Waals surface area contributed by atoms with Crippen LogP contribution >= 0.6 is 0 Å². The Balaban J connectivity index is 3.93. The lowest BCUT2D eigenvalue weighted by Gasteiger charge is -2.17. The van der Waals surface area contributed by atoms with Crippen molar-refractivity contribution in [2.45, 2.75) is 39.7 Å². The fourth-order valence-electron chi connectivity index (χ4n) is 1.03. The third kappa shape index (κ3) is 5.57. The zero-order valence-electron chi connectivity index (χ0n) is 9.16. The fourth-order valence-corrected chi connectivity index (χ4v) is 2.13. The molecule has 86 valence electrons. The van der Waals surface area contributed by atoms with Crippen molar-refractivity contribution in [2.24, 2.45) is 5.92 Å². The van der Waals surface area contributed by atoms with E-state index in [0.29, 0.717) is 6.42 Å². The second kappa shape index (κ2) is 6.37. The van der Waals surface area contributed by atoms with Gasteiger partial charge < -0.3 is 5.11 Å². The highest BCUT2D eigenvalue weighted by atomic mass is 32.2. The molecule has 2 atom stereocenters. The molecule has 0 unspecified atom stereocenters. The Kier molecular flexibility index (Phi) is 6.31. The van der Waals surface area contributed by atoms with Crippen molar-refractivity contribution >= 4 is 10.0 Å². The molecule has 0 aromatic carbocycles. The molecule has 0 rings (SSSR count). The van der Waals surface area contributed by atoms with Crippen molar-refractivity contribution in [3.8, 4) is 0 Å². The normalized spacial score (nSPS) is 16.6. The molecular formula is C9H21NO3S. The van der Waals surface area contributed by atoms with Crippen molar-refractivity contribution in [2.75, 3.05) is 12.3 Å². The molecule has 0 aromatic heterocycles. The Hall–Kier alpha value is -0.130. The summed E-state index contributed by atoms with van der Waals surface area (Å²) in [6, 6.07) is 0. The molecular weight excluding hydrogens is 202 g/mol. The first-order valence-electron chi connectivity index (χ1n) is 5.08. The first-order valence-corrected chi connectivity index (χ1v) is 6.73. The van der Waals surface area contributed by atoms with Crippen LogP contribution in [0.15, 0.2) is 0 Å². The first kappa shape index (κ1) is 13.9. The predicted octanol–water partition coefficient (Wildman–Crippen LogP) is 0.723. The maximum Gasteiger partial charge on any atom is 0.211 e. The number of hydrogen-bond donors (Lipinski definition) is 2. The molecule has 14 heavy (non-hydrogen) atoms. The summed E-state index contributed by atoms with van der Waals surface area (Å²) in [4.78, 5) is 0. The van der Waals surface area contributed by atoms with E-state index in [-0.39, 0.29) is 18.2 Å². The molecule has 0 amide bonds. The molecule has 0 saturated heterocycles. The molecule has 0 aliphatic rings. The van der Waals surface area contributed by atoms with Gasteiger partial charge in [-0.05, 0) is 12.3 Å². The van der Waals surface area contributed by atoms with Gasteiger partial charge in [0.1, 0.15) is 0 Å². The van der Waals surface area contributed by atoms with Crippen LogP contribution in [0.5, 0.6) is 0 Å². The van der Waals surface area contributed by atoms with Gasteiger partial charge in [0.2, 0.25) is 10.0 Å². The summed E-state index contributed by atoms with van der Waals surface area (Å²) in [6.45, 7) is 5.80. The summed E-state index contributed by atoms with van der Waals surface area (Å²) in [5.74, 6) is 0.250. The van der Waals surface area contributed by atoms with Gasteiger partial charge in [-0.25, -0.2) is 13.1 Å². The maximum absolute atomic E-state index is 11.2. The minimum atomic E-state index is -3.18. The van der Waals surface area contributed by atoms with Crippen molar-refractivity contribution in [1.29, 1.82) is 0 Å². The van der Waals surface area contributed by atoms with Crippen LogP contribution in [0.4, 0.5) is 0 Å². The third-order valence-corrected chi connectivity index (χ3v) is 3.84. The Bertz CT molecular complexity index is 238. The molecule has 0 spiro atoms. The van der Waals surface area contributed by atoms with Gasteiger partial charge >= 0.3 is 0 Å². The van der Waals surface area contributed by atoms with Gasteiger partial charge in [-0.1, -0.05) is 27.2 Å². The van der Waals surface area contributed by atoms with E-state index in [1.165, 1.54) is 0 Å². The number of aliphatic hydroxyl groups excluding tert-OH is 1. The molecule has 0 heterocycles. The molecule has 0 bridgehead atoms. The van der Waals surface area contributed by atoms with Gasteiger partial charge in [0.05, 0.1) is 11.9 Å². The summed E-state index contributed by atoms with van der Waals surface area (Å²) < 4.78 is 24.8. The largest absolute Gasteiger partial charge is 0.391 e. The van der Waals surface area contributed by atoms with Gasteiger partial charge in [-0.3, -0.25) is 0 Å². The van der Waals surface area contributed by atoms with E-state index in [1.54, 1.807) is 0 Å². The molecule has 0 aliphatic heterocycles. The average molecular weight is 223 g/mol. The number of sulfonamides is 1. The smallest absolute Gasteiger partial charge is 0.211 e. The summed E-state index contributed by atoms with van der Waals surface area (Å²) >= 11 is 0. The minimum Gasteiger partial charge on any atom is -0.391 e. The number of aliphatic hydroxyl groups is 1. The van der Waals surface area contributed by atoms with Crippen molar-refractivity contribution in [3.05, 3.63) is 0 Å². The molecule has 0 radical (unpaired) electrons. The lowest BCUT2D eigenvalue weighted by atomic mass is 10.0. The monoisotopic (exact) mass is 223 g/mol. The van der Waals surface area contributed by atoms with E-state index >= 15 is 0 Å². The lowest BCUT2D eigenvalue weighted by molar-refractivity contribution is 0.118. The Labute approximate surface area is 86.8 Å². The van der Waals surface area contributed by atoms with E-state index in [2.05, 4.69) is 4.72 Å². The van der Waals surface area contributed by atoms with Crippen molar-refractivity contribution in [3.63, 3.8) is 0 Å². The van der Waals surface area contributed by atoms with E-state index < -0.39 is 16.1 Å². The van der Waals surface area contributed by atoms with E-state index in [1.807, 2.05) is 20.8 Å². The van der Waals surface area contributed by atoms with Crippen LogP contribution in [0.3, 0.4) is 0 Å². The van der Waals surface area contributed by atoms with Crippen LogP contribution in [-0.4, -0.2) is 31.9 Å². The maximum atomic E-state index is 11.2. The molecule has 0 saturated carbocycles. The average Bonchev–Trinajstić information content (AvgIpc) is 2.13. The second-order valence-electron chi connectivity index (χ2n) is 3.62. The zero-order valence-corrected chi connectivity index (χ0v) is 9.97. The highest BCUT2D eigenvalue weighted by Gasteiger charge is 2.15. The lowest BCUT2D eigenvalue weighted by Crippen LogP contribution is -2.36. The van der Waals surface area contributed by atoms with E-state index in [4.69, 9.17) is 0 Å². The standard InChI is InChI=1S/C9H21NO3S/c1-4-6-14(12,13)10-7-9(11)8(3)5-2/h8-11H,4-7H2,1-3H3/t8-,9-/m0/s1. The number of rotatable bonds is 7. The highest BCUT2D eigenvalue weighted by molar-refractivity contribution is 7.89. The van der Waals surface area contributed by atoms with Gasteiger partial charge in [0, 0.05) is 6.54 Å². The van der Waals surface area contributed by atoms with Crippen LogP contribution in [0.2, 0.25) is 0 Å². The highest BCUT2D eigenvalue weighted by Crippen LogP contribution is 2.06. The van der Waals surface area contributed by atoms with Crippen molar-refractivity contribution in [1.82, 2.24) is 4.72 Å². The fraction of sp³-hybridized carbons (Fsp3) is 1.00. The van der Waals surface area contributed by atoms with Gasteiger partial charge in [-0.2, -0.15) is 0 Å². The molecule has 0 aliphatic carbocycles. The van der Waals surface area contributed by atoms with Gasteiger partial charge in [-0.15, -0.1) is 0 Å². The molecule has 5 heteroatoms. The summed E-state index contributed by atoms with van der Waals surface area (Å²) in [5.41, 5.74) is 0. The zero-order chi connectivity index (χ0) is 11.2. The third-order valence-electron chi connectivity index (χ3n) is 2.29. The molecule has 0 fully saturated rings. The van der Waals surface area contributed by atoms with E-state index in [9.17, 15) is 13.5 Å². The van der Waals surface area contributed by atoms with Crippen molar-refractivity contribution < 1.29 is 13.5 Å². The Morgan fingerprint density at radius 3 is 2.36 bits per heavy atom. The topological polar surface area (TPSA) is 66.4 Å². The van der Waals surface area contributed by atoms with Crippen LogP contribution in [0, 0.1) is 5.92 Å². The number of hydrogen-bond acceptors (Lipinski definition) is 3. The summed E-state index contributed by atoms with van der Waals surface area (Å²) in [7, 11) is -3.18. The Morgan fingerprint density at radius 1 is 1.36 bits per heavy atom. The van der Waals surface area contributed by atoms with Crippen LogP contribution in [-0.2, 0) is 10.0 Å². The Morgan fingerprint density at radius 2 is 1.93 bits per heavy atom. The molecule has 2 N–H and O–H groups in total. The minimum absolute atomic E-state index is 0.122. The summed E-state index contributed by atoms with van der Waals surface area (Å²) in [6.07, 6.45) is 0.845. The second-order valence-corrected chi connectivity index (χ2v) is 5.55. The van der Waals surface area contributed by atoms with Crippen LogP contribution < -0.4 is 4.72 Å². The SMILES string of the molecule is CCCS(=O)(=O)NC[C@H](O)[C@@H](C)CC.